The molecule has 2 aliphatic heterocycles. The number of carbonyl (C=O) groups is 2. The number of rotatable bonds is 12. The molecule has 15 heteroatoms. The third-order valence-electron chi connectivity index (χ3n) is 12.1. The predicted molar refractivity (Wildman–Crippen MR) is 249 cm³/mol. The van der Waals surface area contributed by atoms with Gasteiger partial charge in [0.2, 0.25) is 0 Å². The van der Waals surface area contributed by atoms with Crippen LogP contribution in [0.5, 0.6) is 0 Å². The lowest BCUT2D eigenvalue weighted by atomic mass is 10.0. The highest BCUT2D eigenvalue weighted by Gasteiger charge is 2.23. The van der Waals surface area contributed by atoms with Gasteiger partial charge in [-0.2, -0.15) is 10.2 Å². The minimum absolute atomic E-state index is 0.0977. The van der Waals surface area contributed by atoms with Crippen molar-refractivity contribution in [2.45, 2.75) is 64.5 Å². The zero-order valence-electron chi connectivity index (χ0n) is 36.5. The maximum Gasteiger partial charge on any atom is 0.335 e. The lowest BCUT2D eigenvalue weighted by Gasteiger charge is -2.23. The topological polar surface area (TPSA) is 179 Å². The number of pyridine rings is 2. The molecule has 2 atom stereocenters. The van der Waals surface area contributed by atoms with E-state index in [-0.39, 0.29) is 24.6 Å². The number of nitrogens with zero attached hydrogens (tertiary/aromatic N) is 10. The number of aromatic nitrogens is 8. The third kappa shape index (κ3) is 9.55. The number of aromatic carboxylic acids is 1. The van der Waals surface area contributed by atoms with E-state index in [1.807, 2.05) is 48.7 Å². The average Bonchev–Trinajstić information content (AvgIpc) is 4.17. The lowest BCUT2D eigenvalue weighted by Crippen LogP contribution is -2.27. The Hall–Kier alpha value is -7.52. The van der Waals surface area contributed by atoms with Crippen LogP contribution >= 0.6 is 0 Å². The van der Waals surface area contributed by atoms with Gasteiger partial charge in [0.05, 0.1) is 23.6 Å². The number of benzene rings is 2. The smallest absolute Gasteiger partial charge is 0.335 e. The van der Waals surface area contributed by atoms with Gasteiger partial charge in [-0.1, -0.05) is 36.4 Å². The zero-order chi connectivity index (χ0) is 44.9. The van der Waals surface area contributed by atoms with Gasteiger partial charge in [0.25, 0.3) is 5.91 Å². The molecule has 8 heterocycles. The Morgan fingerprint density at radius 1 is 0.662 bits per heavy atom. The van der Waals surface area contributed by atoms with Crippen LogP contribution < -0.4 is 15.1 Å². The fraction of sp³-hybridized carbons (Fsp3) is 0.280. The first-order valence-electron chi connectivity index (χ1n) is 22.2. The minimum atomic E-state index is -0.956. The second-order valence-corrected chi connectivity index (χ2v) is 16.6. The summed E-state index contributed by atoms with van der Waals surface area (Å²) in [5.74, 6) is 0.864. The summed E-state index contributed by atoms with van der Waals surface area (Å²) in [5.41, 5.74) is 9.34. The third-order valence-corrected chi connectivity index (χ3v) is 12.1. The van der Waals surface area contributed by atoms with E-state index in [1.54, 1.807) is 51.9 Å². The van der Waals surface area contributed by atoms with Gasteiger partial charge in [0, 0.05) is 109 Å². The maximum absolute atomic E-state index is 12.4. The quantitative estimate of drug-likeness (QED) is 0.113. The molecule has 330 valence electrons. The molecule has 2 fully saturated rings. The number of aliphatic hydroxyl groups excluding tert-OH is 1. The number of anilines is 2. The van der Waals surface area contributed by atoms with Gasteiger partial charge < -0.3 is 25.3 Å². The van der Waals surface area contributed by atoms with Gasteiger partial charge in [0.1, 0.15) is 11.6 Å². The van der Waals surface area contributed by atoms with Crippen LogP contribution in [0.15, 0.2) is 122 Å². The molecule has 2 aromatic carbocycles. The fourth-order valence-corrected chi connectivity index (χ4v) is 8.80. The first-order chi connectivity index (χ1) is 31.7. The fourth-order valence-electron chi connectivity index (χ4n) is 8.80. The van der Waals surface area contributed by atoms with Crippen molar-refractivity contribution in [2.24, 2.45) is 0 Å². The first-order valence-corrected chi connectivity index (χ1v) is 22.2. The number of carboxylic acids is 1. The van der Waals surface area contributed by atoms with Crippen LogP contribution in [-0.4, -0.2) is 99.6 Å². The highest BCUT2D eigenvalue weighted by Crippen LogP contribution is 2.28. The van der Waals surface area contributed by atoms with E-state index < -0.39 is 5.97 Å². The van der Waals surface area contributed by atoms with Gasteiger partial charge in [0.15, 0.2) is 11.3 Å². The minimum Gasteiger partial charge on any atom is -0.478 e. The van der Waals surface area contributed by atoms with Gasteiger partial charge >= 0.3 is 5.97 Å². The summed E-state index contributed by atoms with van der Waals surface area (Å²) in [4.78, 5) is 47.3. The maximum atomic E-state index is 12.4. The molecule has 2 aliphatic rings. The van der Waals surface area contributed by atoms with Crippen molar-refractivity contribution in [3.8, 4) is 22.5 Å². The van der Waals surface area contributed by atoms with Crippen molar-refractivity contribution in [3.63, 3.8) is 0 Å². The standard InChI is InChI=1S/C26H28N6O2.C24H23N5O2/c1-18-5-4-12-31(18)24-9-3-8-22(29-24)16-21-17-23(30-32-13-10-27-25(21)32)19-6-2-7-20(15-19)26(34)28-11-14-33;1-16-5-4-11-28(16)22-9-3-8-20(26-22)14-19-15-21(27-29-12-10-25-23(19)29)17-6-2-7-18(13-17)24(30)31/h2-3,6-10,13,15,17-18,33H,4-5,11-12,14,16H2,1H3,(H,28,34);2-3,6-10,12-13,15-16H,4-5,11,14H2,1H3,(H,30,31). The summed E-state index contributed by atoms with van der Waals surface area (Å²) >= 11 is 0. The van der Waals surface area contributed by atoms with Crippen LogP contribution in [-0.2, 0) is 12.8 Å². The summed E-state index contributed by atoms with van der Waals surface area (Å²) in [5, 5.41) is 30.3. The number of carboxylic acid groups (broad SMARTS) is 1. The molecule has 0 aliphatic carbocycles. The second-order valence-electron chi connectivity index (χ2n) is 16.6. The molecular weight excluding hydrogens is 819 g/mol. The Morgan fingerprint density at radius 3 is 1.63 bits per heavy atom. The Labute approximate surface area is 376 Å². The number of fused-ring (bicyclic) bond motifs is 2. The molecule has 3 N–H and O–H groups in total. The van der Waals surface area contributed by atoms with Crippen molar-refractivity contribution >= 4 is 34.8 Å². The SMILES string of the molecule is CC1CCCN1c1cccc(Cc2cc(-c3cccc(C(=O)NCCO)c3)nn3ccnc23)n1.CC1CCCN1c1cccc(Cc2cc(-c3cccc(C(=O)O)c3)nn3ccnc23)n1. The van der Waals surface area contributed by atoms with E-state index in [2.05, 4.69) is 74.4 Å². The van der Waals surface area contributed by atoms with E-state index >= 15 is 0 Å². The van der Waals surface area contributed by atoms with Crippen molar-refractivity contribution in [1.82, 2.24) is 44.5 Å². The number of nitrogens with one attached hydrogen (secondary N) is 1. The molecule has 10 rings (SSSR count). The lowest BCUT2D eigenvalue weighted by molar-refractivity contribution is 0.0696. The van der Waals surface area contributed by atoms with Crippen LogP contribution in [0.3, 0.4) is 0 Å². The van der Waals surface area contributed by atoms with Crippen LogP contribution in [0.4, 0.5) is 11.6 Å². The van der Waals surface area contributed by atoms with E-state index in [0.717, 1.165) is 75.4 Å². The summed E-state index contributed by atoms with van der Waals surface area (Å²) in [7, 11) is 0. The molecule has 0 saturated carbocycles. The number of amides is 1. The van der Waals surface area contributed by atoms with Crippen LogP contribution in [0.1, 0.15) is 82.8 Å². The highest BCUT2D eigenvalue weighted by molar-refractivity contribution is 5.95. The van der Waals surface area contributed by atoms with Crippen LogP contribution in [0, 0.1) is 0 Å². The molecule has 15 nitrogen and oxygen atoms in total. The van der Waals surface area contributed by atoms with Gasteiger partial charge in [-0.25, -0.2) is 33.8 Å². The Bertz CT molecular complexity index is 2980. The number of aliphatic hydroxyl groups is 1. The first kappa shape index (κ1) is 42.8. The summed E-state index contributed by atoms with van der Waals surface area (Å²) in [6.07, 6.45) is 13.1. The Balaban J connectivity index is 0.000000165. The molecule has 2 unspecified atom stereocenters. The summed E-state index contributed by atoms with van der Waals surface area (Å²) in [6.45, 7) is 6.71. The van der Waals surface area contributed by atoms with Crippen LogP contribution in [0.25, 0.3) is 33.8 Å². The molecule has 0 radical (unpaired) electrons. The van der Waals surface area contributed by atoms with Crippen LogP contribution in [0.2, 0.25) is 0 Å². The Morgan fingerprint density at radius 2 is 1.15 bits per heavy atom. The molecule has 65 heavy (non-hydrogen) atoms. The van der Waals surface area contributed by atoms with Gasteiger partial charge in [-0.15, -0.1) is 0 Å². The molecule has 2 saturated heterocycles. The van der Waals surface area contributed by atoms with E-state index in [9.17, 15) is 14.7 Å². The monoisotopic (exact) mass is 869 g/mol. The molecule has 6 aromatic heterocycles. The normalized spacial score (nSPS) is 15.9. The number of carbonyl (C=O) groups excluding carboxylic acids is 1. The second kappa shape index (κ2) is 19.1. The molecular formula is C50H51N11O4. The van der Waals surface area contributed by atoms with Crippen molar-refractivity contribution in [3.05, 3.63) is 155 Å². The average molecular weight is 870 g/mol. The van der Waals surface area contributed by atoms with E-state index in [4.69, 9.17) is 20.2 Å². The molecule has 1 amide bonds. The van der Waals surface area contributed by atoms with Gasteiger partial charge in [-0.3, -0.25) is 4.79 Å². The molecule has 8 aromatic rings. The van der Waals surface area contributed by atoms with Crippen molar-refractivity contribution in [2.75, 3.05) is 36.0 Å². The number of hydrogen-bond donors (Lipinski definition) is 3. The summed E-state index contributed by atoms with van der Waals surface area (Å²) in [6, 6.07) is 31.6. The van der Waals surface area contributed by atoms with E-state index in [0.29, 0.717) is 36.2 Å². The summed E-state index contributed by atoms with van der Waals surface area (Å²) < 4.78 is 3.51. The van der Waals surface area contributed by atoms with Crippen molar-refractivity contribution < 1.29 is 19.8 Å². The molecule has 0 spiro atoms. The van der Waals surface area contributed by atoms with E-state index in [1.165, 1.54) is 25.7 Å². The van der Waals surface area contributed by atoms with Crippen molar-refractivity contribution in [1.29, 1.82) is 0 Å². The largest absolute Gasteiger partial charge is 0.478 e. The zero-order valence-corrected chi connectivity index (χ0v) is 36.5. The number of hydrogen-bond acceptors (Lipinski definition) is 11. The molecule has 0 bridgehead atoms. The highest BCUT2D eigenvalue weighted by atomic mass is 16.4. The predicted octanol–water partition coefficient (Wildman–Crippen LogP) is 7.16. The number of imidazole rings is 2. The van der Waals surface area contributed by atoms with Gasteiger partial charge in [-0.05, 0) is 100 Å². The Kier molecular flexibility index (Phi) is 12.5.